The number of esters is 3. The summed E-state index contributed by atoms with van der Waals surface area (Å²) in [6.45, 7) is 11.7. The van der Waals surface area contributed by atoms with Crippen LogP contribution in [0.1, 0.15) is 54.9 Å². The summed E-state index contributed by atoms with van der Waals surface area (Å²) in [4.78, 5) is 35.1. The van der Waals surface area contributed by atoms with Gasteiger partial charge in [0.1, 0.15) is 18.3 Å². The van der Waals surface area contributed by atoms with E-state index < -0.39 is 54.9 Å². The van der Waals surface area contributed by atoms with Crippen LogP contribution >= 0.6 is 12.6 Å². The number of hydrogen-bond acceptors (Lipinski definition) is 10. The number of thiol groups is 1. The molecule has 2 aliphatic heterocycles. The molecule has 0 aliphatic carbocycles. The summed E-state index contributed by atoms with van der Waals surface area (Å²) in [6.07, 6.45) is -4.01. The predicted molar refractivity (Wildman–Crippen MR) is 117 cm³/mol. The molecule has 2 aliphatic rings. The van der Waals surface area contributed by atoms with Crippen LogP contribution in [0.2, 0.25) is 0 Å². The second kappa shape index (κ2) is 11.7. The normalized spacial score (nSPS) is 39.8. The maximum absolute atomic E-state index is 11.8. The molecule has 184 valence electrons. The van der Waals surface area contributed by atoms with Crippen molar-refractivity contribution in [3.05, 3.63) is 0 Å². The Kier molecular flexibility index (Phi) is 9.81. The Morgan fingerprint density at radius 2 is 1.22 bits per heavy atom. The van der Waals surface area contributed by atoms with Crippen molar-refractivity contribution >= 4 is 30.5 Å². The van der Waals surface area contributed by atoms with Gasteiger partial charge >= 0.3 is 17.9 Å². The minimum Gasteiger partial charge on any atom is -0.459 e. The SMILES string of the molecule is CC[C@H]1O[C@H](O[C@H]2O[C@H](CS)[C@@H](OC(C)=O)[C@H](C)[C@H]2C)[C@H](OC(C)=O)[C@@H](OC(C)=O)[C@@H]1C. The molecule has 0 aromatic heterocycles. The Morgan fingerprint density at radius 1 is 0.719 bits per heavy atom. The van der Waals surface area contributed by atoms with Gasteiger partial charge in [-0.1, -0.05) is 27.7 Å². The third-order valence-electron chi connectivity index (χ3n) is 6.21. The first kappa shape index (κ1) is 26.9. The lowest BCUT2D eigenvalue weighted by molar-refractivity contribution is -0.357. The first-order valence-corrected chi connectivity index (χ1v) is 11.7. The number of carbonyl (C=O) groups excluding carboxylic acids is 3. The molecule has 0 spiro atoms. The van der Waals surface area contributed by atoms with E-state index in [1.165, 1.54) is 20.8 Å². The van der Waals surface area contributed by atoms with Crippen molar-refractivity contribution in [3.63, 3.8) is 0 Å². The van der Waals surface area contributed by atoms with Crippen LogP contribution in [0, 0.1) is 17.8 Å². The fraction of sp³-hybridized carbons (Fsp3) is 0.864. The molecule has 2 fully saturated rings. The highest BCUT2D eigenvalue weighted by molar-refractivity contribution is 7.80. The van der Waals surface area contributed by atoms with E-state index in [0.29, 0.717) is 12.2 Å². The maximum atomic E-state index is 11.8. The predicted octanol–water partition coefficient (Wildman–Crippen LogP) is 2.50. The van der Waals surface area contributed by atoms with Gasteiger partial charge in [-0.25, -0.2) is 0 Å². The van der Waals surface area contributed by atoms with Gasteiger partial charge in [-0.2, -0.15) is 12.6 Å². The van der Waals surface area contributed by atoms with E-state index >= 15 is 0 Å². The van der Waals surface area contributed by atoms with Crippen LogP contribution in [0.3, 0.4) is 0 Å². The summed E-state index contributed by atoms with van der Waals surface area (Å²) in [5, 5.41) is 0. The Labute approximate surface area is 195 Å². The van der Waals surface area contributed by atoms with Crippen molar-refractivity contribution in [2.45, 2.75) is 98.0 Å². The highest BCUT2D eigenvalue weighted by atomic mass is 32.1. The molecule has 0 N–H and O–H groups in total. The number of rotatable bonds is 7. The largest absolute Gasteiger partial charge is 0.459 e. The monoisotopic (exact) mass is 476 g/mol. The summed E-state index contributed by atoms with van der Waals surface area (Å²) in [5.74, 6) is -1.57. The highest BCUT2D eigenvalue weighted by Gasteiger charge is 2.51. The summed E-state index contributed by atoms with van der Waals surface area (Å²) >= 11 is 4.35. The number of ether oxygens (including phenoxy) is 6. The first-order chi connectivity index (χ1) is 15.0. The van der Waals surface area contributed by atoms with Gasteiger partial charge in [0, 0.05) is 44.3 Å². The lowest BCUT2D eigenvalue weighted by Crippen LogP contribution is -2.60. The third kappa shape index (κ3) is 6.36. The van der Waals surface area contributed by atoms with Gasteiger partial charge in [-0.15, -0.1) is 0 Å². The van der Waals surface area contributed by atoms with Gasteiger partial charge in [-0.05, 0) is 6.42 Å². The van der Waals surface area contributed by atoms with E-state index in [1.54, 1.807) is 0 Å². The molecule has 0 aromatic rings. The van der Waals surface area contributed by atoms with Crippen LogP contribution in [0.5, 0.6) is 0 Å². The summed E-state index contributed by atoms with van der Waals surface area (Å²) < 4.78 is 35.0. The second-order valence-electron chi connectivity index (χ2n) is 8.61. The molecule has 10 heteroatoms. The molecule has 0 bridgehead atoms. The van der Waals surface area contributed by atoms with E-state index in [1.807, 2.05) is 27.7 Å². The molecular weight excluding hydrogens is 440 g/mol. The average molecular weight is 477 g/mol. The molecular formula is C22H36O9S. The lowest BCUT2D eigenvalue weighted by atomic mass is 9.84. The molecule has 10 atom stereocenters. The standard InChI is InChI=1S/C22H36O9S/c1-8-16-12(4)19(27-14(6)24)20(28-15(7)25)22(29-16)31-21-11(3)10(2)18(26-13(5)23)17(9-32)30-21/h10-12,16-22,32H,8-9H2,1-7H3/t10-,11-,12-,16-,17-,18+,19+,20-,21-,22-/m1/s1. The van der Waals surface area contributed by atoms with Gasteiger partial charge in [0.25, 0.3) is 0 Å². The Bertz CT molecular complexity index is 670. The molecule has 0 saturated carbocycles. The van der Waals surface area contributed by atoms with Gasteiger partial charge in [0.15, 0.2) is 12.4 Å². The number of hydrogen-bond donors (Lipinski definition) is 1. The van der Waals surface area contributed by atoms with E-state index in [0.717, 1.165) is 0 Å². The van der Waals surface area contributed by atoms with Crippen LogP contribution < -0.4 is 0 Å². The summed E-state index contributed by atoms with van der Waals surface area (Å²) in [7, 11) is 0. The third-order valence-corrected chi connectivity index (χ3v) is 6.57. The van der Waals surface area contributed by atoms with Crippen molar-refractivity contribution in [3.8, 4) is 0 Å². The van der Waals surface area contributed by atoms with Gasteiger partial charge < -0.3 is 28.4 Å². The first-order valence-electron chi connectivity index (χ1n) is 11.1. The molecule has 32 heavy (non-hydrogen) atoms. The van der Waals surface area contributed by atoms with Crippen LogP contribution in [0.15, 0.2) is 0 Å². The van der Waals surface area contributed by atoms with E-state index in [4.69, 9.17) is 28.4 Å². The minimum absolute atomic E-state index is 0.0873. The molecule has 2 saturated heterocycles. The van der Waals surface area contributed by atoms with Crippen molar-refractivity contribution in [1.82, 2.24) is 0 Å². The molecule has 0 unspecified atom stereocenters. The van der Waals surface area contributed by atoms with Gasteiger partial charge in [-0.3, -0.25) is 14.4 Å². The topological polar surface area (TPSA) is 107 Å². The molecule has 0 radical (unpaired) electrons. The summed E-state index contributed by atoms with van der Waals surface area (Å²) in [6, 6.07) is 0. The fourth-order valence-corrected chi connectivity index (χ4v) is 4.66. The van der Waals surface area contributed by atoms with E-state index in [2.05, 4.69) is 12.6 Å². The van der Waals surface area contributed by atoms with Crippen LogP contribution in [0.4, 0.5) is 0 Å². The Balaban J connectivity index is 2.28. The molecule has 2 rings (SSSR count). The molecule has 9 nitrogen and oxygen atoms in total. The second-order valence-corrected chi connectivity index (χ2v) is 8.98. The molecule has 0 aromatic carbocycles. The van der Waals surface area contributed by atoms with Crippen molar-refractivity contribution in [2.24, 2.45) is 17.8 Å². The average Bonchev–Trinajstić information content (AvgIpc) is 2.71. The van der Waals surface area contributed by atoms with Crippen molar-refractivity contribution in [2.75, 3.05) is 5.75 Å². The minimum atomic E-state index is -1.00. The van der Waals surface area contributed by atoms with Crippen molar-refractivity contribution < 1.29 is 42.8 Å². The van der Waals surface area contributed by atoms with E-state index in [-0.39, 0.29) is 23.9 Å². The fourth-order valence-electron chi connectivity index (χ4n) is 4.37. The zero-order chi connectivity index (χ0) is 24.2. The zero-order valence-electron chi connectivity index (χ0n) is 19.8. The smallest absolute Gasteiger partial charge is 0.303 e. The zero-order valence-corrected chi connectivity index (χ0v) is 20.7. The van der Waals surface area contributed by atoms with Gasteiger partial charge in [0.05, 0.1) is 6.10 Å². The Morgan fingerprint density at radius 3 is 1.72 bits per heavy atom. The van der Waals surface area contributed by atoms with Crippen LogP contribution in [-0.2, 0) is 42.8 Å². The Hall–Kier alpha value is -1.36. The summed E-state index contributed by atoms with van der Waals surface area (Å²) in [5.41, 5.74) is 0. The van der Waals surface area contributed by atoms with Crippen LogP contribution in [-0.4, -0.2) is 66.8 Å². The van der Waals surface area contributed by atoms with Gasteiger partial charge in [0.2, 0.25) is 6.29 Å². The van der Waals surface area contributed by atoms with E-state index in [9.17, 15) is 14.4 Å². The number of carbonyl (C=O) groups is 3. The van der Waals surface area contributed by atoms with Crippen molar-refractivity contribution in [1.29, 1.82) is 0 Å². The van der Waals surface area contributed by atoms with Crippen LogP contribution in [0.25, 0.3) is 0 Å². The quantitative estimate of drug-likeness (QED) is 0.337. The highest BCUT2D eigenvalue weighted by Crippen LogP contribution is 2.38. The maximum Gasteiger partial charge on any atom is 0.303 e. The lowest BCUT2D eigenvalue weighted by Gasteiger charge is -2.48. The molecule has 2 heterocycles. The molecule has 0 amide bonds.